The van der Waals surface area contributed by atoms with E-state index in [0.29, 0.717) is 21.5 Å². The number of aryl methyl sites for hydroxylation is 1. The Balaban J connectivity index is 1.67. The minimum Gasteiger partial charge on any atom is -0.462 e. The van der Waals surface area contributed by atoms with Gasteiger partial charge in [0.15, 0.2) is 5.82 Å². The lowest BCUT2D eigenvalue weighted by molar-refractivity contribution is -0.113. The first kappa shape index (κ1) is 20.4. The summed E-state index contributed by atoms with van der Waals surface area (Å²) in [5.41, 5.74) is 1.22. The van der Waals surface area contributed by atoms with E-state index in [0.717, 1.165) is 15.3 Å². The summed E-state index contributed by atoms with van der Waals surface area (Å²) < 4.78 is 6.47. The molecule has 0 fully saturated rings. The summed E-state index contributed by atoms with van der Waals surface area (Å²) in [5.74, 6) is 5.97. The third-order valence-electron chi connectivity index (χ3n) is 3.86. The first-order valence-electron chi connectivity index (χ1n) is 8.36. The molecule has 3 heterocycles. The van der Waals surface area contributed by atoms with Crippen LogP contribution in [-0.4, -0.2) is 39.1 Å². The van der Waals surface area contributed by atoms with E-state index >= 15 is 0 Å². The van der Waals surface area contributed by atoms with Gasteiger partial charge in [-0.1, -0.05) is 17.8 Å². The molecule has 0 saturated carbocycles. The van der Waals surface area contributed by atoms with Gasteiger partial charge in [-0.25, -0.2) is 9.47 Å². The number of nitrogens with two attached hydrogens (primary N) is 1. The van der Waals surface area contributed by atoms with Gasteiger partial charge in [0.05, 0.1) is 22.8 Å². The Morgan fingerprint density at radius 1 is 1.36 bits per heavy atom. The van der Waals surface area contributed by atoms with E-state index < -0.39 is 5.97 Å². The third kappa shape index (κ3) is 4.21. The number of anilines is 1. The van der Waals surface area contributed by atoms with Gasteiger partial charge in [0.1, 0.15) is 5.00 Å². The van der Waals surface area contributed by atoms with Gasteiger partial charge >= 0.3 is 5.97 Å². The molecule has 3 aromatic rings. The highest BCUT2D eigenvalue weighted by Gasteiger charge is 2.22. The molecule has 0 aliphatic rings. The van der Waals surface area contributed by atoms with Crippen LogP contribution < -0.4 is 11.2 Å². The van der Waals surface area contributed by atoms with Crippen molar-refractivity contribution in [2.45, 2.75) is 25.9 Å². The van der Waals surface area contributed by atoms with Gasteiger partial charge in [0, 0.05) is 4.88 Å². The Morgan fingerprint density at radius 3 is 2.82 bits per heavy atom. The lowest BCUT2D eigenvalue weighted by Gasteiger charge is -2.07. The maximum Gasteiger partial charge on any atom is 0.341 e. The number of carbonyl (C=O) groups is 2. The SMILES string of the molecule is CCOC(=O)c1c(NC(=O)CSc2nnc(-c3cccs3)n2N)sc(C)c1C. The minimum absolute atomic E-state index is 0.0814. The molecule has 0 atom stereocenters. The molecular weight excluding hydrogens is 418 g/mol. The van der Waals surface area contributed by atoms with Crippen molar-refractivity contribution in [2.75, 3.05) is 23.5 Å². The second-order valence-electron chi connectivity index (χ2n) is 5.70. The zero-order chi connectivity index (χ0) is 20.3. The van der Waals surface area contributed by atoms with Crippen molar-refractivity contribution in [3.8, 4) is 10.7 Å². The quantitative estimate of drug-likeness (QED) is 0.331. The number of nitrogens with zero attached hydrogens (tertiary/aromatic N) is 3. The summed E-state index contributed by atoms with van der Waals surface area (Å²) in [4.78, 5) is 26.5. The average Bonchev–Trinajstić information content (AvgIpc) is 3.35. The summed E-state index contributed by atoms with van der Waals surface area (Å²) >= 11 is 4.03. The predicted molar refractivity (Wildman–Crippen MR) is 113 cm³/mol. The van der Waals surface area contributed by atoms with E-state index in [4.69, 9.17) is 10.6 Å². The number of amides is 1. The lowest BCUT2D eigenvalue weighted by atomic mass is 10.1. The van der Waals surface area contributed by atoms with Crippen molar-refractivity contribution in [1.29, 1.82) is 0 Å². The van der Waals surface area contributed by atoms with Crippen LogP contribution in [0.4, 0.5) is 5.00 Å². The van der Waals surface area contributed by atoms with E-state index in [-0.39, 0.29) is 18.3 Å². The number of nitrogens with one attached hydrogen (secondary N) is 1. The molecule has 3 aromatic heterocycles. The van der Waals surface area contributed by atoms with Crippen LogP contribution in [0.25, 0.3) is 10.7 Å². The first-order valence-corrected chi connectivity index (χ1v) is 11.0. The molecule has 0 saturated heterocycles. The minimum atomic E-state index is -0.436. The van der Waals surface area contributed by atoms with Gasteiger partial charge < -0.3 is 15.9 Å². The molecule has 0 aliphatic carbocycles. The summed E-state index contributed by atoms with van der Waals surface area (Å²) in [7, 11) is 0. The maximum atomic E-state index is 12.4. The van der Waals surface area contributed by atoms with Gasteiger partial charge in [-0.2, -0.15) is 0 Å². The van der Waals surface area contributed by atoms with Crippen LogP contribution in [0.3, 0.4) is 0 Å². The van der Waals surface area contributed by atoms with Crippen LogP contribution in [0, 0.1) is 13.8 Å². The van der Waals surface area contributed by atoms with E-state index in [1.54, 1.807) is 6.92 Å². The average molecular weight is 438 g/mol. The number of hydrogen-bond donors (Lipinski definition) is 2. The van der Waals surface area contributed by atoms with E-state index in [9.17, 15) is 9.59 Å². The highest BCUT2D eigenvalue weighted by molar-refractivity contribution is 7.99. The summed E-state index contributed by atoms with van der Waals surface area (Å²) in [6.45, 7) is 5.76. The molecule has 0 bridgehead atoms. The molecule has 28 heavy (non-hydrogen) atoms. The molecule has 1 amide bonds. The number of ether oxygens (including phenoxy) is 1. The Bertz CT molecular complexity index is 994. The second-order valence-corrected chi connectivity index (χ2v) is 8.81. The molecule has 0 aromatic carbocycles. The second kappa shape index (κ2) is 8.76. The standard InChI is InChI=1S/C17H19N5O3S3/c1-4-25-16(24)13-9(2)10(3)28-15(13)19-12(23)8-27-17-21-20-14(22(17)18)11-6-5-7-26-11/h5-7H,4,8,18H2,1-3H3,(H,19,23). The fourth-order valence-corrected chi connectivity index (χ4v) is 4.83. The first-order chi connectivity index (χ1) is 13.4. The van der Waals surface area contributed by atoms with Gasteiger partial charge in [-0.3, -0.25) is 4.79 Å². The Hall–Kier alpha value is -2.37. The highest BCUT2D eigenvalue weighted by Crippen LogP contribution is 2.33. The molecular formula is C17H19N5O3S3. The number of carbonyl (C=O) groups excluding carboxylic acids is 2. The highest BCUT2D eigenvalue weighted by atomic mass is 32.2. The maximum absolute atomic E-state index is 12.4. The molecule has 0 unspecified atom stereocenters. The molecule has 0 radical (unpaired) electrons. The number of thiophene rings is 2. The monoisotopic (exact) mass is 437 g/mol. The fourth-order valence-electron chi connectivity index (χ4n) is 2.41. The van der Waals surface area contributed by atoms with Crippen LogP contribution in [0.1, 0.15) is 27.7 Å². The molecule has 148 valence electrons. The number of nitrogen functional groups attached to an aromatic ring is 1. The number of esters is 1. The number of thioether (sulfide) groups is 1. The zero-order valence-corrected chi connectivity index (χ0v) is 18.0. The molecule has 3 rings (SSSR count). The molecule has 0 spiro atoms. The number of aromatic nitrogens is 3. The number of rotatable bonds is 7. The van der Waals surface area contributed by atoms with E-state index in [1.807, 2.05) is 31.4 Å². The van der Waals surface area contributed by atoms with Crippen LogP contribution in [0.2, 0.25) is 0 Å². The van der Waals surface area contributed by atoms with Crippen molar-refractivity contribution in [2.24, 2.45) is 0 Å². The smallest absolute Gasteiger partial charge is 0.341 e. The number of hydrogen-bond acceptors (Lipinski definition) is 9. The van der Waals surface area contributed by atoms with E-state index in [1.165, 1.54) is 39.1 Å². The lowest BCUT2D eigenvalue weighted by Crippen LogP contribution is -2.17. The Morgan fingerprint density at radius 2 is 2.14 bits per heavy atom. The van der Waals surface area contributed by atoms with Crippen LogP contribution in [0.15, 0.2) is 22.7 Å². The molecule has 0 aliphatic heterocycles. The van der Waals surface area contributed by atoms with Crippen molar-refractivity contribution in [3.63, 3.8) is 0 Å². The largest absolute Gasteiger partial charge is 0.462 e. The van der Waals surface area contributed by atoms with Crippen molar-refractivity contribution in [3.05, 3.63) is 33.5 Å². The summed E-state index contributed by atoms with van der Waals surface area (Å²) in [5, 5.41) is 13.8. The molecule has 3 N–H and O–H groups in total. The van der Waals surface area contributed by atoms with Crippen molar-refractivity contribution < 1.29 is 14.3 Å². The Labute approximate surface area is 174 Å². The summed E-state index contributed by atoms with van der Waals surface area (Å²) in [6, 6.07) is 3.80. The molecule has 11 heteroatoms. The fraction of sp³-hybridized carbons (Fsp3) is 0.294. The van der Waals surface area contributed by atoms with Crippen LogP contribution in [0.5, 0.6) is 0 Å². The zero-order valence-electron chi connectivity index (χ0n) is 15.5. The molecule has 8 nitrogen and oxygen atoms in total. The van der Waals surface area contributed by atoms with Crippen LogP contribution >= 0.6 is 34.4 Å². The van der Waals surface area contributed by atoms with Gasteiger partial charge in [0.2, 0.25) is 11.1 Å². The van der Waals surface area contributed by atoms with Crippen molar-refractivity contribution >= 4 is 51.3 Å². The van der Waals surface area contributed by atoms with Gasteiger partial charge in [-0.15, -0.1) is 32.9 Å². The topological polar surface area (TPSA) is 112 Å². The van der Waals surface area contributed by atoms with Crippen LogP contribution in [-0.2, 0) is 9.53 Å². The van der Waals surface area contributed by atoms with Gasteiger partial charge in [-0.05, 0) is 37.8 Å². The third-order valence-corrected chi connectivity index (χ3v) is 6.79. The predicted octanol–water partition coefficient (Wildman–Crippen LogP) is 3.31. The summed E-state index contributed by atoms with van der Waals surface area (Å²) in [6.07, 6.45) is 0. The van der Waals surface area contributed by atoms with Crippen molar-refractivity contribution in [1.82, 2.24) is 14.9 Å². The normalized spacial score (nSPS) is 10.8. The van der Waals surface area contributed by atoms with E-state index in [2.05, 4.69) is 15.5 Å². The Kier molecular flexibility index (Phi) is 6.37. The van der Waals surface area contributed by atoms with Gasteiger partial charge in [0.25, 0.3) is 0 Å².